The Bertz CT molecular complexity index is 995. The van der Waals surface area contributed by atoms with Crippen molar-refractivity contribution in [3.63, 3.8) is 0 Å². The van der Waals surface area contributed by atoms with Gasteiger partial charge in [0.05, 0.1) is 19.8 Å². The van der Waals surface area contributed by atoms with Crippen LogP contribution in [0.3, 0.4) is 0 Å². The molecule has 0 saturated heterocycles. The van der Waals surface area contributed by atoms with Crippen molar-refractivity contribution in [3.8, 4) is 5.75 Å². The van der Waals surface area contributed by atoms with Gasteiger partial charge >= 0.3 is 0 Å². The summed E-state index contributed by atoms with van der Waals surface area (Å²) in [7, 11) is 0. The van der Waals surface area contributed by atoms with E-state index in [2.05, 4.69) is 30.9 Å². The normalized spacial score (nSPS) is 10.7. The summed E-state index contributed by atoms with van der Waals surface area (Å²) in [5, 5.41) is 19.0. The fraction of sp³-hybridized carbons (Fsp3) is 0.360. The number of ketones is 1. The Balaban J connectivity index is 1.53. The van der Waals surface area contributed by atoms with E-state index in [1.54, 1.807) is 31.2 Å². The third-order valence-electron chi connectivity index (χ3n) is 4.79. The second-order valence-electron chi connectivity index (χ2n) is 7.93. The Kier molecular flexibility index (Phi) is 10.2. The number of rotatable bonds is 15. The highest BCUT2D eigenvalue weighted by molar-refractivity contribution is 5.75. The summed E-state index contributed by atoms with van der Waals surface area (Å²) in [6.07, 6.45) is 1.27. The maximum absolute atomic E-state index is 10.9. The fourth-order valence-electron chi connectivity index (χ4n) is 2.99. The van der Waals surface area contributed by atoms with Crippen molar-refractivity contribution >= 4 is 35.0 Å². The number of benzene rings is 2. The highest BCUT2D eigenvalue weighted by Crippen LogP contribution is 2.20. The maximum atomic E-state index is 10.9. The molecule has 0 saturated carbocycles. The number of hydrogen-bond donors (Lipinski definition) is 4. The number of nitrogens with one attached hydrogen (secondary N) is 3. The summed E-state index contributed by atoms with van der Waals surface area (Å²) in [4.78, 5) is 24.2. The molecule has 4 N–H and O–H groups in total. The third-order valence-corrected chi connectivity index (χ3v) is 4.79. The highest BCUT2D eigenvalue weighted by Gasteiger charge is 2.08. The van der Waals surface area contributed by atoms with Crippen LogP contribution in [0.2, 0.25) is 0 Å². The number of carbonyl (C=O) groups is 1. The minimum Gasteiger partial charge on any atom is -0.508 e. The second-order valence-corrected chi connectivity index (χ2v) is 7.93. The van der Waals surface area contributed by atoms with Crippen LogP contribution < -0.4 is 16.0 Å². The predicted octanol–water partition coefficient (Wildman–Crippen LogP) is 4.19. The molecule has 2 aromatic carbocycles. The van der Waals surface area contributed by atoms with Crippen LogP contribution in [0.5, 0.6) is 5.75 Å². The van der Waals surface area contributed by atoms with Gasteiger partial charge in [-0.15, -0.1) is 0 Å². The molecule has 3 aromatic rings. The van der Waals surface area contributed by atoms with Gasteiger partial charge in [-0.25, -0.2) is 0 Å². The van der Waals surface area contributed by atoms with Crippen molar-refractivity contribution < 1.29 is 19.4 Å². The van der Waals surface area contributed by atoms with Crippen molar-refractivity contribution in [2.75, 3.05) is 48.9 Å². The number of hydrogen-bond acceptors (Lipinski definition) is 10. The molecule has 0 fully saturated rings. The molecule has 186 valence electrons. The van der Waals surface area contributed by atoms with Gasteiger partial charge in [0.25, 0.3) is 0 Å². The van der Waals surface area contributed by atoms with Crippen LogP contribution in [0, 0.1) is 6.92 Å². The number of phenolic OH excluding ortho intramolecular Hbond substituents is 1. The van der Waals surface area contributed by atoms with E-state index >= 15 is 0 Å². The number of Topliss-reactive ketones (excluding diaryl/α,β-unsaturated/α-hetero) is 1. The number of nitrogens with zero attached hydrogens (tertiary/aromatic N) is 3. The molecule has 0 amide bonds. The monoisotopic (exact) mass is 480 g/mol. The van der Waals surface area contributed by atoms with E-state index in [1.807, 2.05) is 31.2 Å². The summed E-state index contributed by atoms with van der Waals surface area (Å²) in [6.45, 7) is 6.05. The molecule has 0 atom stereocenters. The Hall–Kier alpha value is -3.76. The van der Waals surface area contributed by atoms with Gasteiger partial charge in [0.1, 0.15) is 11.5 Å². The zero-order valence-corrected chi connectivity index (χ0v) is 20.1. The predicted molar refractivity (Wildman–Crippen MR) is 136 cm³/mol. The summed E-state index contributed by atoms with van der Waals surface area (Å²) in [5.41, 5.74) is 2.74. The van der Waals surface area contributed by atoms with E-state index < -0.39 is 0 Å². The number of carbonyl (C=O) groups excluding carboxylic acids is 1. The van der Waals surface area contributed by atoms with Crippen LogP contribution in [-0.4, -0.2) is 58.8 Å². The lowest BCUT2D eigenvalue weighted by Gasteiger charge is -2.12. The molecule has 10 heteroatoms. The van der Waals surface area contributed by atoms with Crippen LogP contribution in [0.25, 0.3) is 0 Å². The topological polar surface area (TPSA) is 131 Å². The van der Waals surface area contributed by atoms with E-state index in [0.29, 0.717) is 57.2 Å². The van der Waals surface area contributed by atoms with Crippen molar-refractivity contribution in [2.24, 2.45) is 0 Å². The highest BCUT2D eigenvalue weighted by atomic mass is 16.5. The van der Waals surface area contributed by atoms with Crippen molar-refractivity contribution in [1.82, 2.24) is 15.0 Å². The summed E-state index contributed by atoms with van der Waals surface area (Å²) in [5.74, 6) is 1.47. The van der Waals surface area contributed by atoms with Crippen LogP contribution >= 0.6 is 0 Å². The second kappa shape index (κ2) is 13.8. The smallest absolute Gasteiger partial charge is 0.233 e. The van der Waals surface area contributed by atoms with E-state index in [1.165, 1.54) is 0 Å². The van der Waals surface area contributed by atoms with Crippen LogP contribution in [-0.2, 0) is 14.3 Å². The number of ether oxygens (including phenoxy) is 2. The van der Waals surface area contributed by atoms with Gasteiger partial charge in [0.15, 0.2) is 0 Å². The first kappa shape index (κ1) is 25.9. The van der Waals surface area contributed by atoms with Crippen LogP contribution in [0.1, 0.15) is 25.3 Å². The minimum absolute atomic E-state index is 0.174. The number of aryl methyl sites for hydroxylation is 1. The first-order chi connectivity index (χ1) is 17.0. The maximum Gasteiger partial charge on any atom is 0.233 e. The van der Waals surface area contributed by atoms with Gasteiger partial charge in [0, 0.05) is 30.9 Å². The summed E-state index contributed by atoms with van der Waals surface area (Å²) >= 11 is 0. The molecule has 10 nitrogen and oxygen atoms in total. The Morgan fingerprint density at radius 1 is 0.800 bits per heavy atom. The van der Waals surface area contributed by atoms with Gasteiger partial charge in [-0.3, -0.25) is 0 Å². The van der Waals surface area contributed by atoms with Gasteiger partial charge in [-0.2, -0.15) is 15.0 Å². The molecule has 0 bridgehead atoms. The minimum atomic E-state index is 0.174. The summed E-state index contributed by atoms with van der Waals surface area (Å²) in [6, 6.07) is 14.5. The molecule has 0 radical (unpaired) electrons. The SMILES string of the molecule is CC(=O)CCCOCCOCCNc1nc(Nc2ccc(C)cc2)nc(Nc2ccc(O)cc2)n1. The zero-order chi connectivity index (χ0) is 24.9. The van der Waals surface area contributed by atoms with Gasteiger partial charge in [0.2, 0.25) is 17.8 Å². The Labute approximate surface area is 205 Å². The molecule has 0 aliphatic rings. The number of aromatic hydroxyl groups is 1. The first-order valence-electron chi connectivity index (χ1n) is 11.5. The quantitative estimate of drug-likeness (QED) is 0.185. The average Bonchev–Trinajstić information content (AvgIpc) is 2.83. The third kappa shape index (κ3) is 9.95. The van der Waals surface area contributed by atoms with Gasteiger partial charge in [-0.1, -0.05) is 17.7 Å². The Morgan fingerprint density at radius 3 is 1.94 bits per heavy atom. The van der Waals surface area contributed by atoms with E-state index in [4.69, 9.17) is 9.47 Å². The lowest BCUT2D eigenvalue weighted by molar-refractivity contribution is -0.117. The molecule has 3 rings (SSSR count). The molecule has 35 heavy (non-hydrogen) atoms. The molecule has 0 aliphatic carbocycles. The molecular weight excluding hydrogens is 448 g/mol. The van der Waals surface area contributed by atoms with Crippen LogP contribution in [0.4, 0.5) is 29.2 Å². The van der Waals surface area contributed by atoms with Crippen molar-refractivity contribution in [2.45, 2.75) is 26.7 Å². The summed E-state index contributed by atoms with van der Waals surface area (Å²) < 4.78 is 11.0. The zero-order valence-electron chi connectivity index (χ0n) is 20.1. The molecule has 0 spiro atoms. The average molecular weight is 481 g/mol. The first-order valence-corrected chi connectivity index (χ1v) is 11.5. The number of phenols is 1. The Morgan fingerprint density at radius 2 is 1.34 bits per heavy atom. The van der Waals surface area contributed by atoms with Crippen molar-refractivity contribution in [1.29, 1.82) is 0 Å². The molecule has 0 aliphatic heterocycles. The van der Waals surface area contributed by atoms with E-state index in [9.17, 15) is 9.90 Å². The van der Waals surface area contributed by atoms with Crippen LogP contribution in [0.15, 0.2) is 48.5 Å². The standard InChI is InChI=1S/C25H32N6O4/c1-18-5-7-20(8-6-18)27-24-29-23(26-13-15-35-17-16-34-14-3-4-19(2)32)30-25(31-24)28-21-9-11-22(33)12-10-21/h5-12,33H,3-4,13-17H2,1-2H3,(H3,26,27,28,29,30,31). The van der Waals surface area contributed by atoms with Crippen molar-refractivity contribution in [3.05, 3.63) is 54.1 Å². The van der Waals surface area contributed by atoms with Gasteiger partial charge < -0.3 is 35.3 Å². The van der Waals surface area contributed by atoms with Gasteiger partial charge in [-0.05, 0) is 56.7 Å². The lowest BCUT2D eigenvalue weighted by atomic mass is 10.2. The molecule has 1 heterocycles. The fourth-order valence-corrected chi connectivity index (χ4v) is 2.99. The molecule has 0 unspecified atom stereocenters. The molecular formula is C25H32N6O4. The number of anilines is 5. The van der Waals surface area contributed by atoms with E-state index in [0.717, 1.165) is 23.4 Å². The largest absolute Gasteiger partial charge is 0.508 e. The lowest BCUT2D eigenvalue weighted by Crippen LogP contribution is -2.15. The number of aromatic nitrogens is 3. The molecule has 1 aromatic heterocycles. The van der Waals surface area contributed by atoms with E-state index in [-0.39, 0.29) is 11.5 Å².